The molecule has 0 unspecified atom stereocenters. The molecule has 0 aliphatic carbocycles. The Kier molecular flexibility index (Phi) is 3.51. The number of nitrogens with zero attached hydrogens (tertiary/aromatic N) is 2. The third-order valence-corrected chi connectivity index (χ3v) is 7.23. The van der Waals surface area contributed by atoms with Crippen LogP contribution >= 0.6 is 22.7 Å². The van der Waals surface area contributed by atoms with Crippen LogP contribution in [0, 0.1) is 13.8 Å². The summed E-state index contributed by atoms with van der Waals surface area (Å²) in [5.41, 5.74) is 3.30. The molecule has 1 aromatic carbocycles. The third kappa shape index (κ3) is 2.56. The Hall–Kier alpha value is -1.44. The minimum Gasteiger partial charge on any atom is -0.319 e. The largest absolute Gasteiger partial charge is 0.319 e. The first-order chi connectivity index (χ1) is 9.88. The van der Waals surface area contributed by atoms with Crippen molar-refractivity contribution in [2.75, 3.05) is 0 Å². The van der Waals surface area contributed by atoms with Gasteiger partial charge in [0.15, 0.2) is 0 Å². The molecule has 0 amide bonds. The number of benzene rings is 1. The molecule has 0 spiro atoms. The summed E-state index contributed by atoms with van der Waals surface area (Å²) in [4.78, 5) is 0.493. The molecule has 3 aromatic rings. The minimum atomic E-state index is -3.63. The van der Waals surface area contributed by atoms with Crippen LogP contribution in [0.15, 0.2) is 38.3 Å². The lowest BCUT2D eigenvalue weighted by Crippen LogP contribution is -2.13. The molecule has 0 radical (unpaired) electrons. The monoisotopic (exact) mass is 338 g/mol. The molecule has 21 heavy (non-hydrogen) atoms. The van der Waals surface area contributed by atoms with E-state index in [1.54, 1.807) is 17.5 Å². The Bertz CT molecular complexity index is 977. The fourth-order valence-electron chi connectivity index (χ4n) is 2.21. The van der Waals surface area contributed by atoms with E-state index in [0.717, 1.165) is 21.3 Å². The van der Waals surface area contributed by atoms with Gasteiger partial charge < -0.3 is 4.57 Å². The fraction of sp³-hybridized carbons (Fsp3) is 0.214. The topological polar surface area (TPSA) is 51.4 Å². The molecule has 4 nitrogen and oxygen atoms in total. The highest BCUT2D eigenvalue weighted by Crippen LogP contribution is 2.23. The summed E-state index contributed by atoms with van der Waals surface area (Å²) in [7, 11) is -1.78. The summed E-state index contributed by atoms with van der Waals surface area (Å²) in [6.45, 7) is 4.06. The smallest absolute Gasteiger partial charge is 0.294 e. The first kappa shape index (κ1) is 14.5. The van der Waals surface area contributed by atoms with Crippen molar-refractivity contribution in [3.05, 3.63) is 45.6 Å². The quantitative estimate of drug-likeness (QED) is 0.720. The van der Waals surface area contributed by atoms with Crippen LogP contribution < -0.4 is 4.80 Å². The molecule has 0 saturated heterocycles. The predicted molar refractivity (Wildman–Crippen MR) is 87.3 cm³/mol. The zero-order valence-electron chi connectivity index (χ0n) is 11.8. The number of rotatable bonds is 2. The van der Waals surface area contributed by atoms with E-state index in [1.807, 2.05) is 25.5 Å². The highest BCUT2D eigenvalue weighted by molar-refractivity contribution is 7.92. The molecule has 0 bridgehead atoms. The van der Waals surface area contributed by atoms with Crippen molar-refractivity contribution < 1.29 is 8.42 Å². The summed E-state index contributed by atoms with van der Waals surface area (Å²) >= 11 is 2.59. The summed E-state index contributed by atoms with van der Waals surface area (Å²) in [6, 6.07) is 7.43. The van der Waals surface area contributed by atoms with Crippen molar-refractivity contribution >= 4 is 42.9 Å². The maximum absolute atomic E-state index is 12.3. The van der Waals surface area contributed by atoms with Crippen LogP contribution in [0.5, 0.6) is 0 Å². The zero-order valence-corrected chi connectivity index (χ0v) is 14.3. The normalized spacial score (nSPS) is 13.2. The second-order valence-corrected chi connectivity index (χ2v) is 8.63. The molecule has 0 N–H and O–H groups in total. The summed E-state index contributed by atoms with van der Waals surface area (Å²) < 4.78 is 31.7. The average Bonchev–Trinajstić information content (AvgIpc) is 3.01. The van der Waals surface area contributed by atoms with E-state index in [-0.39, 0.29) is 4.21 Å². The van der Waals surface area contributed by atoms with Crippen LogP contribution in [0.3, 0.4) is 0 Å². The molecule has 3 rings (SSSR count). The van der Waals surface area contributed by atoms with Gasteiger partial charge in [-0.25, -0.2) is 0 Å². The Morgan fingerprint density at radius 1 is 1.24 bits per heavy atom. The molecule has 0 aliphatic rings. The second kappa shape index (κ2) is 5.08. The Morgan fingerprint density at radius 3 is 2.67 bits per heavy atom. The number of hydrogen-bond donors (Lipinski definition) is 0. The van der Waals surface area contributed by atoms with Crippen LogP contribution in [0.4, 0.5) is 0 Å². The van der Waals surface area contributed by atoms with E-state index in [4.69, 9.17) is 0 Å². The average molecular weight is 338 g/mol. The zero-order chi connectivity index (χ0) is 15.2. The predicted octanol–water partition coefficient (Wildman–Crippen LogP) is 3.21. The minimum absolute atomic E-state index is 0.271. The molecule has 0 aliphatic heterocycles. The molecule has 110 valence electrons. The van der Waals surface area contributed by atoms with Gasteiger partial charge in [-0.05, 0) is 42.5 Å². The Morgan fingerprint density at radius 2 is 2.00 bits per heavy atom. The number of aryl methyl sites for hydroxylation is 3. The lowest BCUT2D eigenvalue weighted by Gasteiger charge is -2.00. The molecule has 7 heteroatoms. The number of thiazole rings is 1. The molecule has 0 atom stereocenters. The van der Waals surface area contributed by atoms with Gasteiger partial charge in [0.2, 0.25) is 4.80 Å². The van der Waals surface area contributed by atoms with Gasteiger partial charge in [0.25, 0.3) is 10.0 Å². The van der Waals surface area contributed by atoms with Crippen molar-refractivity contribution in [3.8, 4) is 0 Å². The third-order valence-electron chi connectivity index (χ3n) is 3.19. The van der Waals surface area contributed by atoms with Crippen molar-refractivity contribution in [3.63, 3.8) is 0 Å². The summed E-state index contributed by atoms with van der Waals surface area (Å²) in [5, 5.41) is 1.74. The van der Waals surface area contributed by atoms with E-state index < -0.39 is 10.0 Å². The van der Waals surface area contributed by atoms with Gasteiger partial charge in [0.05, 0.1) is 10.2 Å². The van der Waals surface area contributed by atoms with Gasteiger partial charge in [0, 0.05) is 7.05 Å². The maximum Gasteiger partial charge on any atom is 0.294 e. The van der Waals surface area contributed by atoms with Gasteiger partial charge >= 0.3 is 0 Å². The van der Waals surface area contributed by atoms with E-state index in [1.165, 1.54) is 22.7 Å². The number of aromatic nitrogens is 1. The van der Waals surface area contributed by atoms with Crippen molar-refractivity contribution in [1.29, 1.82) is 0 Å². The molecular weight excluding hydrogens is 324 g/mol. The highest BCUT2D eigenvalue weighted by Gasteiger charge is 2.15. The van der Waals surface area contributed by atoms with E-state index in [0.29, 0.717) is 4.80 Å². The lowest BCUT2D eigenvalue weighted by atomic mass is 10.1. The van der Waals surface area contributed by atoms with Crippen LogP contribution in [0.1, 0.15) is 11.1 Å². The first-order valence-electron chi connectivity index (χ1n) is 6.30. The number of thiophene rings is 1. The van der Waals surface area contributed by atoms with Gasteiger partial charge in [-0.15, -0.1) is 15.7 Å². The van der Waals surface area contributed by atoms with Crippen LogP contribution in [0.2, 0.25) is 0 Å². The van der Waals surface area contributed by atoms with Gasteiger partial charge in [0.1, 0.15) is 4.21 Å². The molecule has 2 aromatic heterocycles. The van der Waals surface area contributed by atoms with Crippen molar-refractivity contribution in [2.24, 2.45) is 11.4 Å². The van der Waals surface area contributed by atoms with Crippen LogP contribution in [-0.2, 0) is 17.1 Å². The lowest BCUT2D eigenvalue weighted by molar-refractivity contribution is 0.598. The standard InChI is InChI=1S/C14H14N2O2S3/c1-9-7-10(2)13-11(8-9)16(3)14(20-13)15-21(17,18)12-5-4-6-19-12/h4-8H,1-3H3/b15-14-. The van der Waals surface area contributed by atoms with Gasteiger partial charge in [-0.3, -0.25) is 0 Å². The van der Waals surface area contributed by atoms with Crippen molar-refractivity contribution in [2.45, 2.75) is 18.1 Å². The maximum atomic E-state index is 12.3. The van der Waals surface area contributed by atoms with Crippen LogP contribution in [0.25, 0.3) is 10.2 Å². The Balaban J connectivity index is 2.29. The number of fused-ring (bicyclic) bond motifs is 1. The number of sulfonamides is 1. The van der Waals surface area contributed by atoms with E-state index in [9.17, 15) is 8.42 Å². The number of hydrogen-bond acceptors (Lipinski definition) is 4. The van der Waals surface area contributed by atoms with E-state index >= 15 is 0 Å². The second-order valence-electron chi connectivity index (χ2n) is 4.87. The molecular formula is C14H14N2O2S3. The van der Waals surface area contributed by atoms with Gasteiger partial charge in [-0.1, -0.05) is 23.5 Å². The highest BCUT2D eigenvalue weighted by atomic mass is 32.2. The fourth-order valence-corrected chi connectivity index (χ4v) is 5.48. The SMILES string of the molecule is Cc1cc(C)c2s/c(=N\S(=O)(=O)c3cccs3)n(C)c2c1. The molecule has 2 heterocycles. The van der Waals surface area contributed by atoms with E-state index in [2.05, 4.69) is 16.5 Å². The summed E-state index contributed by atoms with van der Waals surface area (Å²) in [5.74, 6) is 0. The van der Waals surface area contributed by atoms with Crippen LogP contribution in [-0.4, -0.2) is 13.0 Å². The molecule has 0 fully saturated rings. The van der Waals surface area contributed by atoms with Gasteiger partial charge in [-0.2, -0.15) is 8.42 Å². The summed E-state index contributed by atoms with van der Waals surface area (Å²) in [6.07, 6.45) is 0. The molecule has 0 saturated carbocycles. The Labute approximate surface area is 131 Å². The first-order valence-corrected chi connectivity index (χ1v) is 9.43. The van der Waals surface area contributed by atoms with Crippen molar-refractivity contribution in [1.82, 2.24) is 4.57 Å².